The molecule has 3 N–H and O–H groups in total. The van der Waals surface area contributed by atoms with Crippen LogP contribution in [0.4, 0.5) is 5.82 Å². The summed E-state index contributed by atoms with van der Waals surface area (Å²) in [5, 5.41) is 0.609. The smallest absolute Gasteiger partial charge is 0.219 e. The van der Waals surface area contributed by atoms with Gasteiger partial charge in [-0.3, -0.25) is 0 Å². The molecule has 7 heteroatoms. The van der Waals surface area contributed by atoms with Crippen molar-refractivity contribution in [2.45, 2.75) is 31.5 Å². The molecule has 1 heterocycles. The second-order valence-corrected chi connectivity index (χ2v) is 5.31. The monoisotopic (exact) mass is 272 g/mol. The van der Waals surface area contributed by atoms with Gasteiger partial charge in [-0.25, -0.2) is 10.8 Å². The molecule has 0 fully saturated rings. The van der Waals surface area contributed by atoms with Gasteiger partial charge in [0.25, 0.3) is 0 Å². The Kier molecular flexibility index (Phi) is 5.64. The quantitative estimate of drug-likeness (QED) is 0.268. The summed E-state index contributed by atoms with van der Waals surface area (Å²) >= 11 is 1.43. The van der Waals surface area contributed by atoms with Gasteiger partial charge in [-0.05, 0) is 27.0 Å². The van der Waals surface area contributed by atoms with Crippen LogP contribution in [0.5, 0.6) is 5.88 Å². The van der Waals surface area contributed by atoms with E-state index in [2.05, 4.69) is 15.4 Å². The van der Waals surface area contributed by atoms with Crippen LogP contribution in [-0.2, 0) is 4.74 Å². The highest BCUT2D eigenvalue weighted by atomic mass is 32.2. The van der Waals surface area contributed by atoms with Crippen molar-refractivity contribution in [1.82, 2.24) is 9.97 Å². The minimum Gasteiger partial charge on any atom is -0.475 e. The zero-order valence-corrected chi connectivity index (χ0v) is 12.0. The average molecular weight is 272 g/mol. The topological polar surface area (TPSA) is 82.3 Å². The van der Waals surface area contributed by atoms with Crippen LogP contribution in [0.2, 0.25) is 0 Å². The Morgan fingerprint density at radius 3 is 2.61 bits per heavy atom. The molecule has 0 atom stereocenters. The Labute approximate surface area is 112 Å². The number of nitrogens with zero attached hydrogens (tertiary/aromatic N) is 2. The first-order valence-electron chi connectivity index (χ1n) is 5.61. The van der Waals surface area contributed by atoms with Gasteiger partial charge in [0.15, 0.2) is 5.16 Å². The molecule has 0 aliphatic carbocycles. The maximum atomic E-state index is 5.55. The van der Waals surface area contributed by atoms with E-state index >= 15 is 0 Å². The van der Waals surface area contributed by atoms with E-state index in [0.29, 0.717) is 30.1 Å². The van der Waals surface area contributed by atoms with Crippen LogP contribution in [0.25, 0.3) is 0 Å². The molecule has 0 saturated carbocycles. The van der Waals surface area contributed by atoms with Crippen LogP contribution < -0.4 is 16.0 Å². The third-order valence-electron chi connectivity index (χ3n) is 1.88. The lowest BCUT2D eigenvalue weighted by molar-refractivity contribution is -0.0168. The lowest BCUT2D eigenvalue weighted by Gasteiger charge is -2.19. The summed E-state index contributed by atoms with van der Waals surface area (Å²) in [4.78, 5) is 8.35. The van der Waals surface area contributed by atoms with Gasteiger partial charge in [-0.15, -0.1) is 0 Å². The van der Waals surface area contributed by atoms with E-state index in [1.807, 2.05) is 27.0 Å². The van der Waals surface area contributed by atoms with Gasteiger partial charge >= 0.3 is 0 Å². The first-order chi connectivity index (χ1) is 8.44. The first-order valence-corrected chi connectivity index (χ1v) is 6.83. The molecule has 0 saturated heterocycles. The van der Waals surface area contributed by atoms with E-state index in [9.17, 15) is 0 Å². The van der Waals surface area contributed by atoms with Crippen molar-refractivity contribution in [3.05, 3.63) is 6.07 Å². The molecule has 0 spiro atoms. The summed E-state index contributed by atoms with van der Waals surface area (Å²) in [6, 6.07) is 1.65. The molecule has 102 valence electrons. The standard InChI is InChI=1S/C11H20N4O2S/c1-11(2,3)17-6-5-16-9-7-8(15-12)13-10(14-9)18-4/h7H,5-6,12H2,1-4H3,(H,13,14,15). The second kappa shape index (κ2) is 6.77. The van der Waals surface area contributed by atoms with Crippen molar-refractivity contribution in [1.29, 1.82) is 0 Å². The van der Waals surface area contributed by atoms with Crippen molar-refractivity contribution in [3.63, 3.8) is 0 Å². The van der Waals surface area contributed by atoms with Crippen LogP contribution in [0.15, 0.2) is 11.2 Å². The Morgan fingerprint density at radius 2 is 2.06 bits per heavy atom. The molecule has 0 aliphatic heterocycles. The minimum absolute atomic E-state index is 0.163. The highest BCUT2D eigenvalue weighted by Crippen LogP contribution is 2.18. The number of anilines is 1. The van der Waals surface area contributed by atoms with E-state index in [1.165, 1.54) is 11.8 Å². The highest BCUT2D eigenvalue weighted by Gasteiger charge is 2.10. The van der Waals surface area contributed by atoms with Crippen molar-refractivity contribution in [3.8, 4) is 5.88 Å². The number of aromatic nitrogens is 2. The van der Waals surface area contributed by atoms with Crippen LogP contribution in [-0.4, -0.2) is 35.0 Å². The SMILES string of the molecule is CSc1nc(NN)cc(OCCOC(C)(C)C)n1. The molecule has 6 nitrogen and oxygen atoms in total. The summed E-state index contributed by atoms with van der Waals surface area (Å²) in [6.07, 6.45) is 1.89. The van der Waals surface area contributed by atoms with Gasteiger partial charge in [-0.2, -0.15) is 4.98 Å². The number of rotatable bonds is 6. The van der Waals surface area contributed by atoms with Gasteiger partial charge in [0.05, 0.1) is 12.2 Å². The van der Waals surface area contributed by atoms with Crippen LogP contribution in [0, 0.1) is 0 Å². The lowest BCUT2D eigenvalue weighted by atomic mass is 10.2. The molecule has 18 heavy (non-hydrogen) atoms. The maximum Gasteiger partial charge on any atom is 0.219 e. The van der Waals surface area contributed by atoms with Crippen molar-refractivity contribution < 1.29 is 9.47 Å². The number of hydrazine groups is 1. The third kappa shape index (κ3) is 5.52. The summed E-state index contributed by atoms with van der Waals surface area (Å²) in [5.74, 6) is 6.34. The van der Waals surface area contributed by atoms with E-state index in [0.717, 1.165) is 0 Å². The number of ether oxygens (including phenoxy) is 2. The summed E-state index contributed by atoms with van der Waals surface area (Å²) in [7, 11) is 0. The van der Waals surface area contributed by atoms with E-state index < -0.39 is 0 Å². The number of hydrogen-bond acceptors (Lipinski definition) is 7. The Hall–Kier alpha value is -1.05. The molecule has 1 rings (SSSR count). The Balaban J connectivity index is 2.51. The minimum atomic E-state index is -0.163. The summed E-state index contributed by atoms with van der Waals surface area (Å²) in [5.41, 5.74) is 2.32. The van der Waals surface area contributed by atoms with Gasteiger partial charge in [0.1, 0.15) is 12.4 Å². The molecule has 0 amide bonds. The van der Waals surface area contributed by atoms with E-state index in [1.54, 1.807) is 6.07 Å². The van der Waals surface area contributed by atoms with Crippen molar-refractivity contribution in [2.75, 3.05) is 24.9 Å². The highest BCUT2D eigenvalue weighted by molar-refractivity contribution is 7.98. The average Bonchev–Trinajstić information content (AvgIpc) is 2.33. The fraction of sp³-hybridized carbons (Fsp3) is 0.636. The zero-order chi connectivity index (χ0) is 13.6. The Morgan fingerprint density at radius 1 is 1.33 bits per heavy atom. The number of hydrogen-bond donors (Lipinski definition) is 2. The fourth-order valence-electron chi connectivity index (χ4n) is 1.14. The lowest BCUT2D eigenvalue weighted by Crippen LogP contribution is -2.22. The first kappa shape index (κ1) is 15.0. The van der Waals surface area contributed by atoms with Crippen LogP contribution in [0.1, 0.15) is 20.8 Å². The van der Waals surface area contributed by atoms with E-state index in [4.69, 9.17) is 15.3 Å². The molecule has 1 aromatic rings. The van der Waals surface area contributed by atoms with Gasteiger partial charge < -0.3 is 14.9 Å². The molecule has 0 aromatic carbocycles. The van der Waals surface area contributed by atoms with Crippen molar-refractivity contribution >= 4 is 17.6 Å². The second-order valence-electron chi connectivity index (χ2n) is 4.53. The molecular formula is C11H20N4O2S. The molecule has 0 aliphatic rings. The molecule has 1 aromatic heterocycles. The number of nitrogens with two attached hydrogens (primary N) is 1. The largest absolute Gasteiger partial charge is 0.475 e. The Bertz CT molecular complexity index is 360. The normalized spacial score (nSPS) is 11.4. The number of nitrogens with one attached hydrogen (secondary N) is 1. The maximum absolute atomic E-state index is 5.55. The molecule has 0 bridgehead atoms. The number of thioether (sulfide) groups is 1. The van der Waals surface area contributed by atoms with E-state index in [-0.39, 0.29) is 5.60 Å². The zero-order valence-electron chi connectivity index (χ0n) is 11.2. The van der Waals surface area contributed by atoms with Gasteiger partial charge in [0.2, 0.25) is 5.88 Å². The molecule has 0 radical (unpaired) electrons. The van der Waals surface area contributed by atoms with Gasteiger partial charge in [-0.1, -0.05) is 11.8 Å². The molecular weight excluding hydrogens is 252 g/mol. The van der Waals surface area contributed by atoms with Crippen LogP contribution >= 0.6 is 11.8 Å². The van der Waals surface area contributed by atoms with Crippen LogP contribution in [0.3, 0.4) is 0 Å². The third-order valence-corrected chi connectivity index (χ3v) is 2.43. The molecule has 0 unspecified atom stereocenters. The number of nitrogen functional groups attached to an aromatic ring is 1. The predicted molar refractivity (Wildman–Crippen MR) is 72.8 cm³/mol. The predicted octanol–water partition coefficient (Wildman–Crippen LogP) is 1.68. The van der Waals surface area contributed by atoms with Crippen molar-refractivity contribution in [2.24, 2.45) is 5.84 Å². The summed E-state index contributed by atoms with van der Waals surface area (Å²) < 4.78 is 11.1. The fourth-order valence-corrected chi connectivity index (χ4v) is 1.51. The summed E-state index contributed by atoms with van der Waals surface area (Å²) in [6.45, 7) is 6.94. The van der Waals surface area contributed by atoms with Gasteiger partial charge in [0, 0.05) is 6.07 Å².